The average molecular weight is 277 g/mol. The van der Waals surface area contributed by atoms with E-state index in [0.717, 1.165) is 0 Å². The smallest absolute Gasteiger partial charge is 0.0133 e. The number of hydrogen-bond acceptors (Lipinski definition) is 2. The zero-order valence-corrected chi connectivity index (χ0v) is 13.6. The van der Waals surface area contributed by atoms with Crippen LogP contribution in [0.5, 0.6) is 0 Å². The third kappa shape index (κ3) is 11.5. The SMILES string of the molecule is CCCCCCCC(S)C(S)CCCCCC. The molecule has 0 aromatic carbocycles. The van der Waals surface area contributed by atoms with E-state index in [1.54, 1.807) is 0 Å². The van der Waals surface area contributed by atoms with Gasteiger partial charge in [-0.15, -0.1) is 0 Å². The lowest BCUT2D eigenvalue weighted by Crippen LogP contribution is -2.15. The second-order valence-electron chi connectivity index (χ2n) is 5.19. The van der Waals surface area contributed by atoms with Gasteiger partial charge in [0.2, 0.25) is 0 Å². The lowest BCUT2D eigenvalue weighted by atomic mass is 10.0. The Balaban J connectivity index is 3.36. The molecule has 0 saturated heterocycles. The van der Waals surface area contributed by atoms with Crippen molar-refractivity contribution in [3.8, 4) is 0 Å². The minimum Gasteiger partial charge on any atom is -0.175 e. The monoisotopic (exact) mass is 276 g/mol. The van der Waals surface area contributed by atoms with Crippen molar-refractivity contribution in [3.05, 3.63) is 0 Å². The van der Waals surface area contributed by atoms with Gasteiger partial charge in [-0.25, -0.2) is 0 Å². The van der Waals surface area contributed by atoms with Crippen LogP contribution in [0.1, 0.15) is 84.5 Å². The summed E-state index contributed by atoms with van der Waals surface area (Å²) in [5.74, 6) is 0. The Hall–Kier alpha value is 0.700. The summed E-state index contributed by atoms with van der Waals surface area (Å²) in [6, 6.07) is 0. The predicted molar refractivity (Wildman–Crippen MR) is 87.7 cm³/mol. The van der Waals surface area contributed by atoms with Gasteiger partial charge in [0, 0.05) is 10.5 Å². The topological polar surface area (TPSA) is 0 Å². The lowest BCUT2D eigenvalue weighted by molar-refractivity contribution is 0.561. The summed E-state index contributed by atoms with van der Waals surface area (Å²) in [6.45, 7) is 4.53. The first kappa shape index (κ1) is 17.7. The number of hydrogen-bond donors (Lipinski definition) is 2. The van der Waals surface area contributed by atoms with Crippen molar-refractivity contribution < 1.29 is 0 Å². The van der Waals surface area contributed by atoms with Crippen molar-refractivity contribution in [2.75, 3.05) is 0 Å². The number of unbranched alkanes of at least 4 members (excludes halogenated alkanes) is 7. The van der Waals surface area contributed by atoms with Gasteiger partial charge in [-0.3, -0.25) is 0 Å². The molecule has 0 aromatic rings. The molecule has 17 heavy (non-hydrogen) atoms. The van der Waals surface area contributed by atoms with Gasteiger partial charge in [0.25, 0.3) is 0 Å². The summed E-state index contributed by atoms with van der Waals surface area (Å²) < 4.78 is 0. The summed E-state index contributed by atoms with van der Waals surface area (Å²) in [6.07, 6.45) is 14.7. The van der Waals surface area contributed by atoms with E-state index in [1.807, 2.05) is 0 Å². The van der Waals surface area contributed by atoms with Crippen LogP contribution < -0.4 is 0 Å². The molecule has 104 valence electrons. The first-order valence-corrected chi connectivity index (χ1v) is 8.61. The Morgan fingerprint density at radius 2 is 0.941 bits per heavy atom. The molecular weight excluding hydrogens is 244 g/mol. The maximum absolute atomic E-state index is 4.70. The normalized spacial score (nSPS) is 14.8. The quantitative estimate of drug-likeness (QED) is 0.321. The molecule has 0 heterocycles. The van der Waals surface area contributed by atoms with Crippen LogP contribution in [0.15, 0.2) is 0 Å². The minimum atomic E-state index is 0.501. The van der Waals surface area contributed by atoms with E-state index in [-0.39, 0.29) is 0 Å². The largest absolute Gasteiger partial charge is 0.175 e. The molecular formula is C15H32S2. The highest BCUT2D eigenvalue weighted by Gasteiger charge is 2.12. The van der Waals surface area contributed by atoms with Crippen molar-refractivity contribution in [1.29, 1.82) is 0 Å². The fraction of sp³-hybridized carbons (Fsp3) is 1.00. The summed E-state index contributed by atoms with van der Waals surface area (Å²) in [5.41, 5.74) is 0. The second-order valence-corrected chi connectivity index (χ2v) is 6.51. The Labute approximate surface area is 120 Å². The zero-order chi connectivity index (χ0) is 12.9. The van der Waals surface area contributed by atoms with Crippen LogP contribution >= 0.6 is 25.3 Å². The molecule has 0 amide bonds. The molecule has 0 nitrogen and oxygen atoms in total. The molecule has 2 heteroatoms. The maximum atomic E-state index is 4.70. The zero-order valence-electron chi connectivity index (χ0n) is 11.8. The predicted octanol–water partition coefficient (Wildman–Crippen LogP) is 5.91. The maximum Gasteiger partial charge on any atom is 0.0133 e. The third-order valence-electron chi connectivity index (χ3n) is 3.40. The Bertz CT molecular complexity index is 148. The van der Waals surface area contributed by atoms with Gasteiger partial charge in [-0.05, 0) is 12.8 Å². The van der Waals surface area contributed by atoms with Gasteiger partial charge in [0.05, 0.1) is 0 Å². The van der Waals surface area contributed by atoms with Gasteiger partial charge in [-0.2, -0.15) is 25.3 Å². The van der Waals surface area contributed by atoms with E-state index >= 15 is 0 Å². The molecule has 0 fully saturated rings. The van der Waals surface area contributed by atoms with Gasteiger partial charge in [-0.1, -0.05) is 71.6 Å². The minimum absolute atomic E-state index is 0.501. The molecule has 2 unspecified atom stereocenters. The van der Waals surface area contributed by atoms with Crippen molar-refractivity contribution in [2.24, 2.45) is 0 Å². The highest BCUT2D eigenvalue weighted by atomic mass is 32.1. The average Bonchev–Trinajstić information content (AvgIpc) is 2.34. The van der Waals surface area contributed by atoms with E-state index in [1.165, 1.54) is 70.6 Å². The Morgan fingerprint density at radius 1 is 0.588 bits per heavy atom. The molecule has 0 aliphatic heterocycles. The highest BCUT2D eigenvalue weighted by molar-refractivity contribution is 7.85. The molecule has 0 aromatic heterocycles. The third-order valence-corrected chi connectivity index (χ3v) is 4.87. The van der Waals surface area contributed by atoms with Gasteiger partial charge < -0.3 is 0 Å². The van der Waals surface area contributed by atoms with Crippen molar-refractivity contribution >= 4 is 25.3 Å². The molecule has 0 radical (unpaired) electrons. The fourth-order valence-corrected chi connectivity index (χ4v) is 2.79. The molecule has 0 spiro atoms. The summed E-state index contributed by atoms with van der Waals surface area (Å²) in [7, 11) is 0. The second kappa shape index (κ2) is 13.1. The van der Waals surface area contributed by atoms with Crippen LogP contribution in [0.3, 0.4) is 0 Å². The van der Waals surface area contributed by atoms with Crippen LogP contribution in [-0.4, -0.2) is 10.5 Å². The summed E-state index contributed by atoms with van der Waals surface area (Å²) in [5, 5.41) is 1.00. The van der Waals surface area contributed by atoms with Gasteiger partial charge >= 0.3 is 0 Å². The van der Waals surface area contributed by atoms with Gasteiger partial charge in [0.1, 0.15) is 0 Å². The molecule has 0 aliphatic carbocycles. The van der Waals surface area contributed by atoms with Crippen LogP contribution in [0.25, 0.3) is 0 Å². The van der Waals surface area contributed by atoms with Crippen LogP contribution in [0.4, 0.5) is 0 Å². The summed E-state index contributed by atoms with van der Waals surface area (Å²) >= 11 is 9.39. The summed E-state index contributed by atoms with van der Waals surface area (Å²) in [4.78, 5) is 0. The van der Waals surface area contributed by atoms with E-state index in [0.29, 0.717) is 10.5 Å². The van der Waals surface area contributed by atoms with E-state index in [4.69, 9.17) is 25.3 Å². The van der Waals surface area contributed by atoms with E-state index in [9.17, 15) is 0 Å². The highest BCUT2D eigenvalue weighted by Crippen LogP contribution is 2.21. The van der Waals surface area contributed by atoms with Crippen molar-refractivity contribution in [1.82, 2.24) is 0 Å². The Kier molecular flexibility index (Phi) is 13.7. The van der Waals surface area contributed by atoms with Gasteiger partial charge in [0.15, 0.2) is 0 Å². The molecule has 0 saturated carbocycles. The van der Waals surface area contributed by atoms with Crippen LogP contribution in [-0.2, 0) is 0 Å². The van der Waals surface area contributed by atoms with Crippen LogP contribution in [0.2, 0.25) is 0 Å². The molecule has 0 bridgehead atoms. The number of thiol groups is 2. The van der Waals surface area contributed by atoms with E-state index in [2.05, 4.69) is 13.8 Å². The standard InChI is InChI=1S/C15H32S2/c1-3-5-7-9-11-13-15(17)14(16)12-10-8-6-4-2/h14-17H,3-13H2,1-2H3. The van der Waals surface area contributed by atoms with Crippen molar-refractivity contribution in [2.45, 2.75) is 95.0 Å². The molecule has 0 rings (SSSR count). The molecule has 0 N–H and O–H groups in total. The van der Waals surface area contributed by atoms with Crippen LogP contribution in [0, 0.1) is 0 Å². The fourth-order valence-electron chi connectivity index (χ4n) is 2.12. The van der Waals surface area contributed by atoms with E-state index < -0.39 is 0 Å². The molecule has 0 aliphatic rings. The first-order valence-electron chi connectivity index (χ1n) is 7.58. The first-order chi connectivity index (χ1) is 8.22. The number of rotatable bonds is 12. The lowest BCUT2D eigenvalue weighted by Gasteiger charge is -2.18. The Morgan fingerprint density at radius 3 is 1.35 bits per heavy atom. The molecule has 2 atom stereocenters. The van der Waals surface area contributed by atoms with Crippen molar-refractivity contribution in [3.63, 3.8) is 0 Å².